The van der Waals surface area contributed by atoms with E-state index in [-0.39, 0.29) is 5.43 Å². The van der Waals surface area contributed by atoms with Crippen molar-refractivity contribution < 1.29 is 0 Å². The second-order valence-corrected chi connectivity index (χ2v) is 6.30. The molecular formula is C18H25N3O. The van der Waals surface area contributed by atoms with Gasteiger partial charge in [0, 0.05) is 18.3 Å². The van der Waals surface area contributed by atoms with Gasteiger partial charge in [-0.25, -0.2) is 4.68 Å². The summed E-state index contributed by atoms with van der Waals surface area (Å²) >= 11 is 0. The highest BCUT2D eigenvalue weighted by Crippen LogP contribution is 2.14. The second kappa shape index (κ2) is 6.88. The highest BCUT2D eigenvalue weighted by molar-refractivity contribution is 5.40. The van der Waals surface area contributed by atoms with Gasteiger partial charge >= 0.3 is 0 Å². The summed E-state index contributed by atoms with van der Waals surface area (Å²) in [5.74, 6) is 0.549. The first-order valence-electron chi connectivity index (χ1n) is 7.76. The molecule has 0 aliphatic rings. The van der Waals surface area contributed by atoms with Crippen molar-refractivity contribution in [3.8, 4) is 5.69 Å². The summed E-state index contributed by atoms with van der Waals surface area (Å²) in [6, 6.07) is 7.89. The van der Waals surface area contributed by atoms with E-state index in [1.807, 2.05) is 17.7 Å². The lowest BCUT2D eigenvalue weighted by Gasteiger charge is -2.13. The van der Waals surface area contributed by atoms with Crippen molar-refractivity contribution >= 4 is 0 Å². The molecule has 2 rings (SSSR count). The van der Waals surface area contributed by atoms with Crippen LogP contribution < -0.4 is 10.7 Å². The van der Waals surface area contributed by atoms with Gasteiger partial charge in [-0.05, 0) is 56.5 Å². The summed E-state index contributed by atoms with van der Waals surface area (Å²) in [6.07, 6.45) is 0. The smallest absolute Gasteiger partial charge is 0.204 e. The molecule has 1 aromatic heterocycles. The zero-order valence-corrected chi connectivity index (χ0v) is 14.1. The average Bonchev–Trinajstić information content (AvgIpc) is 2.44. The minimum absolute atomic E-state index is 0.00570. The van der Waals surface area contributed by atoms with Gasteiger partial charge < -0.3 is 5.32 Å². The van der Waals surface area contributed by atoms with Crippen LogP contribution in [0.1, 0.15) is 36.4 Å². The van der Waals surface area contributed by atoms with Crippen LogP contribution in [0.3, 0.4) is 0 Å². The lowest BCUT2D eigenvalue weighted by molar-refractivity contribution is 0.541. The Kier molecular flexibility index (Phi) is 5.14. The van der Waals surface area contributed by atoms with E-state index in [0.717, 1.165) is 17.9 Å². The maximum atomic E-state index is 12.1. The first-order valence-corrected chi connectivity index (χ1v) is 7.76. The molecule has 0 saturated heterocycles. The molecule has 0 aliphatic carbocycles. The minimum atomic E-state index is -0.00570. The number of nitrogens with one attached hydrogen (secondary N) is 1. The molecule has 4 nitrogen and oxygen atoms in total. The predicted octanol–water partition coefficient (Wildman–Crippen LogP) is 2.90. The van der Waals surface area contributed by atoms with Gasteiger partial charge in [0.2, 0.25) is 5.43 Å². The Bertz CT molecular complexity index is 717. The molecular weight excluding hydrogens is 274 g/mol. The molecule has 2 aromatic rings. The fraction of sp³-hybridized carbons (Fsp3) is 0.444. The first-order chi connectivity index (χ1) is 10.4. The number of aromatic nitrogens is 2. The van der Waals surface area contributed by atoms with Crippen LogP contribution in [0.5, 0.6) is 0 Å². The highest BCUT2D eigenvalue weighted by Gasteiger charge is 2.08. The quantitative estimate of drug-likeness (QED) is 0.923. The van der Waals surface area contributed by atoms with Gasteiger partial charge in [0.1, 0.15) is 5.69 Å². The summed E-state index contributed by atoms with van der Waals surface area (Å²) in [7, 11) is 0. The number of nitrogens with zero attached hydrogens (tertiary/aromatic N) is 2. The number of benzene rings is 1. The summed E-state index contributed by atoms with van der Waals surface area (Å²) in [5, 5.41) is 7.84. The fourth-order valence-corrected chi connectivity index (χ4v) is 2.30. The molecule has 0 unspecified atom stereocenters. The Hall–Kier alpha value is -1.94. The molecule has 0 saturated carbocycles. The summed E-state index contributed by atoms with van der Waals surface area (Å²) in [4.78, 5) is 12.1. The summed E-state index contributed by atoms with van der Waals surface area (Å²) in [6.45, 7) is 11.7. The monoisotopic (exact) mass is 299 g/mol. The van der Waals surface area contributed by atoms with Gasteiger partial charge in [-0.2, -0.15) is 5.10 Å². The maximum Gasteiger partial charge on any atom is 0.204 e. The van der Waals surface area contributed by atoms with Gasteiger partial charge in [0.15, 0.2) is 0 Å². The van der Waals surface area contributed by atoms with E-state index >= 15 is 0 Å². The standard InChI is InChI=1S/C18H25N3O/c1-12(2)10-19-11-17-18(22)9-15(5)21(20-17)16-7-6-13(3)14(4)8-16/h6-9,12,19H,10-11H2,1-5H3. The molecule has 1 N–H and O–H groups in total. The van der Waals surface area contributed by atoms with Crippen LogP contribution in [0.2, 0.25) is 0 Å². The number of hydrogen-bond acceptors (Lipinski definition) is 3. The maximum absolute atomic E-state index is 12.1. The average molecular weight is 299 g/mol. The van der Waals surface area contributed by atoms with Crippen molar-refractivity contribution in [1.29, 1.82) is 0 Å². The Morgan fingerprint density at radius 1 is 1.14 bits per heavy atom. The zero-order chi connectivity index (χ0) is 16.3. The van der Waals surface area contributed by atoms with Crippen LogP contribution in [0.15, 0.2) is 29.1 Å². The van der Waals surface area contributed by atoms with Crippen molar-refractivity contribution in [3.05, 3.63) is 57.0 Å². The third kappa shape index (κ3) is 3.83. The normalized spacial score (nSPS) is 11.2. The van der Waals surface area contributed by atoms with Crippen molar-refractivity contribution in [2.45, 2.75) is 41.2 Å². The molecule has 118 valence electrons. The third-order valence-corrected chi connectivity index (χ3v) is 3.76. The number of hydrogen-bond donors (Lipinski definition) is 1. The van der Waals surface area contributed by atoms with Gasteiger partial charge in [0.05, 0.1) is 5.69 Å². The van der Waals surface area contributed by atoms with Crippen molar-refractivity contribution in [1.82, 2.24) is 15.1 Å². The van der Waals surface area contributed by atoms with Crippen LogP contribution in [0, 0.1) is 26.7 Å². The van der Waals surface area contributed by atoms with Crippen LogP contribution >= 0.6 is 0 Å². The Morgan fingerprint density at radius 2 is 1.86 bits per heavy atom. The summed E-state index contributed by atoms with van der Waals surface area (Å²) < 4.78 is 1.85. The Balaban J connectivity index is 2.35. The molecule has 4 heteroatoms. The molecule has 0 aliphatic heterocycles. The third-order valence-electron chi connectivity index (χ3n) is 3.76. The van der Waals surface area contributed by atoms with E-state index < -0.39 is 0 Å². The molecule has 1 heterocycles. The van der Waals surface area contributed by atoms with Crippen LogP contribution in [-0.2, 0) is 6.54 Å². The molecule has 1 aromatic carbocycles. The van der Waals surface area contributed by atoms with Crippen LogP contribution in [0.25, 0.3) is 5.69 Å². The van der Waals surface area contributed by atoms with Crippen molar-refractivity contribution in [3.63, 3.8) is 0 Å². The predicted molar refractivity (Wildman–Crippen MR) is 90.6 cm³/mol. The Morgan fingerprint density at radius 3 is 2.50 bits per heavy atom. The first kappa shape index (κ1) is 16.4. The van der Waals surface area contributed by atoms with Gasteiger partial charge in [-0.3, -0.25) is 4.79 Å². The molecule has 0 amide bonds. The molecule has 0 atom stereocenters. The molecule has 0 fully saturated rings. The van der Waals surface area contributed by atoms with Crippen LogP contribution in [-0.4, -0.2) is 16.3 Å². The van der Waals surface area contributed by atoms with Crippen molar-refractivity contribution in [2.24, 2.45) is 5.92 Å². The number of rotatable bonds is 5. The molecule has 0 spiro atoms. The number of aryl methyl sites for hydroxylation is 3. The van der Waals surface area contributed by atoms with E-state index in [1.165, 1.54) is 11.1 Å². The van der Waals surface area contributed by atoms with E-state index in [0.29, 0.717) is 18.2 Å². The van der Waals surface area contributed by atoms with Crippen LogP contribution in [0.4, 0.5) is 0 Å². The molecule has 0 bridgehead atoms. The molecule has 22 heavy (non-hydrogen) atoms. The zero-order valence-electron chi connectivity index (χ0n) is 14.1. The lowest BCUT2D eigenvalue weighted by Crippen LogP contribution is -2.26. The van der Waals surface area contributed by atoms with E-state index in [2.05, 4.69) is 50.2 Å². The van der Waals surface area contributed by atoms with Gasteiger partial charge in [0.25, 0.3) is 0 Å². The van der Waals surface area contributed by atoms with Crippen molar-refractivity contribution in [2.75, 3.05) is 6.54 Å². The van der Waals surface area contributed by atoms with Gasteiger partial charge in [-0.1, -0.05) is 19.9 Å². The van der Waals surface area contributed by atoms with E-state index in [9.17, 15) is 4.79 Å². The SMILES string of the molecule is Cc1ccc(-n2nc(CNCC(C)C)c(=O)cc2C)cc1C. The van der Waals surface area contributed by atoms with E-state index in [1.54, 1.807) is 6.07 Å². The topological polar surface area (TPSA) is 46.9 Å². The largest absolute Gasteiger partial charge is 0.311 e. The van der Waals surface area contributed by atoms with Gasteiger partial charge in [-0.15, -0.1) is 0 Å². The summed E-state index contributed by atoms with van der Waals surface area (Å²) in [5.41, 5.74) is 4.86. The highest BCUT2D eigenvalue weighted by atomic mass is 16.1. The van der Waals surface area contributed by atoms with E-state index in [4.69, 9.17) is 0 Å². The molecule has 0 radical (unpaired) electrons. The minimum Gasteiger partial charge on any atom is -0.311 e. The fourth-order valence-electron chi connectivity index (χ4n) is 2.30. The Labute approximate surface area is 132 Å². The lowest BCUT2D eigenvalue weighted by atomic mass is 10.1. The second-order valence-electron chi connectivity index (χ2n) is 6.30.